The number of nitrogens with zero attached hydrogens (tertiary/aromatic N) is 4. The summed E-state index contributed by atoms with van der Waals surface area (Å²) in [5.74, 6) is 0.760. The molecule has 1 saturated heterocycles. The predicted octanol–water partition coefficient (Wildman–Crippen LogP) is 7.23. The number of nitrogens with two attached hydrogens (primary N) is 1. The van der Waals surface area contributed by atoms with Crippen molar-refractivity contribution in [2.75, 3.05) is 23.3 Å². The van der Waals surface area contributed by atoms with Gasteiger partial charge in [0.15, 0.2) is 11.5 Å². The Morgan fingerprint density at radius 1 is 1.00 bits per heavy atom. The lowest BCUT2D eigenvalue weighted by Gasteiger charge is -2.31. The van der Waals surface area contributed by atoms with Gasteiger partial charge >= 0.3 is 0 Å². The molecule has 1 aliphatic carbocycles. The van der Waals surface area contributed by atoms with Gasteiger partial charge in [-0.2, -0.15) is 0 Å². The first-order valence-electron chi connectivity index (χ1n) is 12.6. The van der Waals surface area contributed by atoms with Crippen LogP contribution in [-0.4, -0.2) is 45.0 Å². The van der Waals surface area contributed by atoms with E-state index in [1.165, 1.54) is 0 Å². The summed E-state index contributed by atoms with van der Waals surface area (Å²) in [6.45, 7) is 1.72. The number of phenols is 1. The SMILES string of the molecule is Cl.Cl.Cl.NC1CCCN(c2ccc(Nc3c(C(=O)C4CC4)cnc4ccc(-c5cc(Cl)c(O)c(Cl)c5)nc34)cn2)C1. The third kappa shape index (κ3) is 6.91. The average molecular weight is 659 g/mol. The summed E-state index contributed by atoms with van der Waals surface area (Å²) >= 11 is 12.3. The number of carbonyl (C=O) groups excluding carboxylic acids is 1. The Labute approximate surface area is 266 Å². The van der Waals surface area contributed by atoms with Gasteiger partial charge in [0.25, 0.3) is 0 Å². The van der Waals surface area contributed by atoms with Gasteiger partial charge in [0.1, 0.15) is 11.3 Å². The van der Waals surface area contributed by atoms with Gasteiger partial charge in [0.05, 0.1) is 44.4 Å². The lowest BCUT2D eigenvalue weighted by atomic mass is 10.0. The van der Waals surface area contributed by atoms with E-state index in [4.69, 9.17) is 33.9 Å². The average Bonchev–Trinajstić information content (AvgIpc) is 3.77. The van der Waals surface area contributed by atoms with Crippen LogP contribution in [0.4, 0.5) is 17.2 Å². The molecule has 0 radical (unpaired) electrons. The third-order valence-electron chi connectivity index (χ3n) is 7.04. The van der Waals surface area contributed by atoms with Crippen LogP contribution in [0.2, 0.25) is 10.0 Å². The number of Topliss-reactive ketones (excluding diaryl/α,β-unsaturated/α-hetero) is 1. The van der Waals surface area contributed by atoms with E-state index in [1.807, 2.05) is 18.2 Å². The van der Waals surface area contributed by atoms with Crippen molar-refractivity contribution in [3.05, 3.63) is 64.4 Å². The summed E-state index contributed by atoms with van der Waals surface area (Å²) in [6, 6.07) is 10.9. The fourth-order valence-electron chi connectivity index (χ4n) is 4.83. The summed E-state index contributed by atoms with van der Waals surface area (Å²) in [6.07, 6.45) is 7.21. The van der Waals surface area contributed by atoms with Gasteiger partial charge in [-0.15, -0.1) is 37.2 Å². The highest BCUT2D eigenvalue weighted by Crippen LogP contribution is 2.39. The number of hydrogen-bond donors (Lipinski definition) is 3. The van der Waals surface area contributed by atoms with Crippen molar-refractivity contribution in [1.82, 2.24) is 15.0 Å². The molecule has 1 unspecified atom stereocenters. The van der Waals surface area contributed by atoms with Crippen LogP contribution in [0.1, 0.15) is 36.0 Å². The van der Waals surface area contributed by atoms with E-state index in [2.05, 4.69) is 20.2 Å². The molecule has 1 aliphatic heterocycles. The topological polar surface area (TPSA) is 117 Å². The minimum Gasteiger partial charge on any atom is -0.505 e. The number of rotatable bonds is 6. The normalized spacial score (nSPS) is 16.3. The number of anilines is 3. The maximum absolute atomic E-state index is 13.2. The number of phenolic OH excluding ortho intramolecular Hbond substituents is 1. The molecule has 6 rings (SSSR count). The number of fused-ring (bicyclic) bond motifs is 1. The molecule has 1 saturated carbocycles. The maximum Gasteiger partial charge on any atom is 0.169 e. The maximum atomic E-state index is 13.2. The highest BCUT2D eigenvalue weighted by molar-refractivity contribution is 6.37. The molecule has 4 N–H and O–H groups in total. The minimum atomic E-state index is -0.179. The van der Waals surface area contributed by atoms with Gasteiger partial charge in [-0.3, -0.25) is 9.78 Å². The number of pyridine rings is 3. The molecule has 1 aromatic carbocycles. The number of benzene rings is 1. The first kappa shape index (κ1) is 32.9. The second-order valence-corrected chi connectivity index (χ2v) is 10.7. The lowest BCUT2D eigenvalue weighted by molar-refractivity contribution is 0.0968. The fraction of sp³-hybridized carbons (Fsp3) is 0.286. The Balaban J connectivity index is 0.00000154. The Morgan fingerprint density at radius 3 is 2.37 bits per heavy atom. The lowest BCUT2D eigenvalue weighted by Crippen LogP contribution is -2.43. The molecule has 4 heterocycles. The summed E-state index contributed by atoms with van der Waals surface area (Å²) in [5, 5.41) is 13.6. The van der Waals surface area contributed by atoms with Crippen molar-refractivity contribution in [3.8, 4) is 17.0 Å². The molecule has 218 valence electrons. The fourth-order valence-corrected chi connectivity index (χ4v) is 5.32. The number of ketones is 1. The molecule has 3 aromatic heterocycles. The number of hydrogen-bond acceptors (Lipinski definition) is 8. The summed E-state index contributed by atoms with van der Waals surface area (Å²) < 4.78 is 0. The molecule has 41 heavy (non-hydrogen) atoms. The molecule has 13 heteroatoms. The van der Waals surface area contributed by atoms with Crippen LogP contribution < -0.4 is 16.0 Å². The number of aromatic hydroxyl groups is 1. The van der Waals surface area contributed by atoms with Crippen molar-refractivity contribution < 1.29 is 9.90 Å². The standard InChI is InChI=1S/C28H26Cl2N6O2.3ClH/c29-20-10-16(11-21(30)28(20)38)22-6-7-23-26(35-22)25(19(13-32-23)27(37)15-3-4-15)34-18-5-8-24(33-12-18)36-9-1-2-17(31)14-36;;;/h5-8,10-13,15,17,38H,1-4,9,14,31H2,(H,32,34);3*1H. The highest BCUT2D eigenvalue weighted by atomic mass is 35.5. The zero-order chi connectivity index (χ0) is 26.4. The Hall–Kier alpha value is -2.59. The van der Waals surface area contributed by atoms with Crippen molar-refractivity contribution in [1.29, 1.82) is 0 Å². The summed E-state index contributed by atoms with van der Waals surface area (Å²) in [4.78, 5) is 29.5. The van der Waals surface area contributed by atoms with Crippen LogP contribution in [-0.2, 0) is 0 Å². The Morgan fingerprint density at radius 2 is 1.73 bits per heavy atom. The number of halogens is 5. The molecule has 2 fully saturated rings. The van der Waals surface area contributed by atoms with Gasteiger partial charge in [0.2, 0.25) is 0 Å². The van der Waals surface area contributed by atoms with E-state index in [0.29, 0.717) is 33.5 Å². The smallest absolute Gasteiger partial charge is 0.169 e. The molecular weight excluding hydrogens is 630 g/mol. The van der Waals surface area contributed by atoms with E-state index >= 15 is 0 Å². The first-order valence-corrected chi connectivity index (χ1v) is 13.4. The Bertz CT molecular complexity index is 1530. The van der Waals surface area contributed by atoms with Crippen LogP contribution in [0.15, 0.2) is 48.8 Å². The van der Waals surface area contributed by atoms with Gasteiger partial charge in [-0.25, -0.2) is 9.97 Å². The van der Waals surface area contributed by atoms with Gasteiger partial charge in [-0.1, -0.05) is 23.2 Å². The van der Waals surface area contributed by atoms with Crippen molar-refractivity contribution in [3.63, 3.8) is 0 Å². The first-order chi connectivity index (χ1) is 18.4. The number of piperidine rings is 1. The molecule has 0 bridgehead atoms. The number of carbonyl (C=O) groups is 1. The second-order valence-electron chi connectivity index (χ2n) is 9.92. The summed E-state index contributed by atoms with van der Waals surface area (Å²) in [5.41, 5.74) is 10.3. The van der Waals surface area contributed by atoms with Crippen LogP contribution in [0.3, 0.4) is 0 Å². The van der Waals surface area contributed by atoms with Crippen molar-refractivity contribution in [2.24, 2.45) is 11.7 Å². The van der Waals surface area contributed by atoms with E-state index in [1.54, 1.807) is 30.6 Å². The quantitative estimate of drug-likeness (QED) is 0.186. The van der Waals surface area contributed by atoms with Crippen LogP contribution >= 0.6 is 60.4 Å². The van der Waals surface area contributed by atoms with Gasteiger partial charge < -0.3 is 21.1 Å². The monoisotopic (exact) mass is 656 g/mol. The zero-order valence-electron chi connectivity index (χ0n) is 21.7. The molecule has 1 atom stereocenters. The molecule has 0 amide bonds. The molecule has 2 aliphatic rings. The highest BCUT2D eigenvalue weighted by Gasteiger charge is 2.33. The van der Waals surface area contributed by atoms with Crippen LogP contribution in [0.25, 0.3) is 22.3 Å². The van der Waals surface area contributed by atoms with Crippen molar-refractivity contribution in [2.45, 2.75) is 31.7 Å². The molecule has 8 nitrogen and oxygen atoms in total. The van der Waals surface area contributed by atoms with Gasteiger partial charge in [-0.05, 0) is 62.1 Å². The molecular formula is C28H29Cl5N6O2. The summed E-state index contributed by atoms with van der Waals surface area (Å²) in [7, 11) is 0. The van der Waals surface area contributed by atoms with E-state index in [-0.39, 0.29) is 70.8 Å². The second kappa shape index (κ2) is 13.6. The molecule has 0 spiro atoms. The van der Waals surface area contributed by atoms with E-state index in [0.717, 1.165) is 50.3 Å². The van der Waals surface area contributed by atoms with E-state index < -0.39 is 0 Å². The molecule has 4 aromatic rings. The zero-order valence-corrected chi connectivity index (χ0v) is 25.7. The largest absolute Gasteiger partial charge is 0.505 e. The Kier molecular flexibility index (Phi) is 10.9. The van der Waals surface area contributed by atoms with E-state index in [9.17, 15) is 9.90 Å². The predicted molar refractivity (Wildman–Crippen MR) is 172 cm³/mol. The van der Waals surface area contributed by atoms with Crippen molar-refractivity contribution >= 4 is 94.4 Å². The third-order valence-corrected chi connectivity index (χ3v) is 7.61. The van der Waals surface area contributed by atoms with Crippen LogP contribution in [0, 0.1) is 5.92 Å². The number of nitrogens with one attached hydrogen (secondary N) is 1. The van der Waals surface area contributed by atoms with Crippen LogP contribution in [0.5, 0.6) is 5.75 Å². The van der Waals surface area contributed by atoms with Gasteiger partial charge in [0, 0.05) is 36.8 Å². The number of aromatic nitrogens is 3. The minimum absolute atomic E-state index is 0.